The molecule has 0 aliphatic carbocycles. The van der Waals surface area contributed by atoms with Crippen LogP contribution in [0, 0.1) is 0 Å². The molecule has 0 saturated carbocycles. The maximum Gasteiger partial charge on any atom is 0.274 e. The van der Waals surface area contributed by atoms with Crippen LogP contribution in [0.5, 0.6) is 0 Å². The van der Waals surface area contributed by atoms with Crippen LogP contribution in [0.15, 0.2) is 12.4 Å². The Hall–Kier alpha value is -1.69. The maximum atomic E-state index is 12.2. The van der Waals surface area contributed by atoms with Gasteiger partial charge in [0.1, 0.15) is 11.5 Å². The van der Waals surface area contributed by atoms with Crippen molar-refractivity contribution in [2.45, 2.75) is 13.3 Å². The first-order valence-electron chi connectivity index (χ1n) is 6.06. The van der Waals surface area contributed by atoms with Gasteiger partial charge >= 0.3 is 0 Å². The Kier molecular flexibility index (Phi) is 5.51. The van der Waals surface area contributed by atoms with Gasteiger partial charge in [0.2, 0.25) is 0 Å². The summed E-state index contributed by atoms with van der Waals surface area (Å²) in [6, 6.07) is 0. The second-order valence-electron chi connectivity index (χ2n) is 4.42. The molecule has 0 atom stereocenters. The normalized spacial score (nSPS) is 10.7. The van der Waals surface area contributed by atoms with Crippen molar-refractivity contribution in [1.82, 2.24) is 19.8 Å². The summed E-state index contributed by atoms with van der Waals surface area (Å²) in [5.74, 6) is 0.230. The van der Waals surface area contributed by atoms with E-state index in [0.29, 0.717) is 18.1 Å². The number of likely N-dealkylation sites (N-methyl/N-ethyl adjacent to an activating group) is 1. The first-order valence-corrected chi connectivity index (χ1v) is 6.06. The SMILES string of the molecule is CCCN(CCN(C)C)C(=O)c1cnc(N)cn1. The Morgan fingerprint density at radius 2 is 1.94 bits per heavy atom. The van der Waals surface area contributed by atoms with E-state index in [0.717, 1.165) is 19.5 Å². The first-order chi connectivity index (χ1) is 8.54. The summed E-state index contributed by atoms with van der Waals surface area (Å²) in [6.07, 6.45) is 3.75. The molecule has 0 saturated heterocycles. The monoisotopic (exact) mass is 251 g/mol. The molecular formula is C12H21N5O. The van der Waals surface area contributed by atoms with Gasteiger partial charge in [-0.25, -0.2) is 9.97 Å². The number of carbonyl (C=O) groups is 1. The van der Waals surface area contributed by atoms with Crippen molar-refractivity contribution in [3.8, 4) is 0 Å². The Balaban J connectivity index is 2.72. The minimum absolute atomic E-state index is 0.0915. The van der Waals surface area contributed by atoms with Gasteiger partial charge in [-0.05, 0) is 20.5 Å². The van der Waals surface area contributed by atoms with Gasteiger partial charge in [-0.15, -0.1) is 0 Å². The van der Waals surface area contributed by atoms with Gasteiger partial charge in [0.15, 0.2) is 0 Å². The van der Waals surface area contributed by atoms with Crippen LogP contribution < -0.4 is 5.73 Å². The van der Waals surface area contributed by atoms with Crippen LogP contribution in [0.1, 0.15) is 23.8 Å². The van der Waals surface area contributed by atoms with Crippen LogP contribution in [0.25, 0.3) is 0 Å². The highest BCUT2D eigenvalue weighted by Crippen LogP contribution is 2.03. The summed E-state index contributed by atoms with van der Waals surface area (Å²) in [5, 5.41) is 0. The van der Waals surface area contributed by atoms with Gasteiger partial charge in [-0.2, -0.15) is 0 Å². The molecule has 1 aromatic heterocycles. The van der Waals surface area contributed by atoms with E-state index in [1.807, 2.05) is 25.9 Å². The van der Waals surface area contributed by atoms with Crippen LogP contribution in [0.4, 0.5) is 5.82 Å². The average Bonchev–Trinajstić information content (AvgIpc) is 2.34. The van der Waals surface area contributed by atoms with Gasteiger partial charge in [0.05, 0.1) is 12.4 Å². The van der Waals surface area contributed by atoms with E-state index in [9.17, 15) is 4.79 Å². The molecule has 0 unspecified atom stereocenters. The van der Waals surface area contributed by atoms with Crippen LogP contribution >= 0.6 is 0 Å². The van der Waals surface area contributed by atoms with Gasteiger partial charge in [0, 0.05) is 19.6 Å². The molecule has 6 nitrogen and oxygen atoms in total. The van der Waals surface area contributed by atoms with Crippen LogP contribution in [-0.4, -0.2) is 59.4 Å². The fraction of sp³-hybridized carbons (Fsp3) is 0.583. The number of hydrogen-bond donors (Lipinski definition) is 1. The Labute approximate surface area is 108 Å². The van der Waals surface area contributed by atoms with Gasteiger partial charge < -0.3 is 15.5 Å². The summed E-state index contributed by atoms with van der Waals surface area (Å²) in [7, 11) is 3.97. The first kappa shape index (κ1) is 14.4. The van der Waals surface area contributed by atoms with Crippen LogP contribution in [-0.2, 0) is 0 Å². The molecule has 6 heteroatoms. The van der Waals surface area contributed by atoms with Crippen LogP contribution in [0.2, 0.25) is 0 Å². The second-order valence-corrected chi connectivity index (χ2v) is 4.42. The molecule has 1 heterocycles. The second kappa shape index (κ2) is 6.90. The third-order valence-corrected chi connectivity index (χ3v) is 2.49. The quantitative estimate of drug-likeness (QED) is 0.795. The molecule has 1 amide bonds. The number of rotatable bonds is 6. The summed E-state index contributed by atoms with van der Waals surface area (Å²) >= 11 is 0. The van der Waals surface area contributed by atoms with Crippen molar-refractivity contribution >= 4 is 11.7 Å². The van der Waals surface area contributed by atoms with Gasteiger partial charge in [0.25, 0.3) is 5.91 Å². The Bertz CT molecular complexity index is 377. The molecule has 0 bridgehead atoms. The number of aromatic nitrogens is 2. The molecule has 18 heavy (non-hydrogen) atoms. The fourth-order valence-corrected chi connectivity index (χ4v) is 1.52. The lowest BCUT2D eigenvalue weighted by Crippen LogP contribution is -2.37. The lowest BCUT2D eigenvalue weighted by molar-refractivity contribution is 0.0738. The van der Waals surface area contributed by atoms with E-state index in [1.54, 1.807) is 4.90 Å². The zero-order valence-electron chi connectivity index (χ0n) is 11.3. The predicted octanol–water partition coefficient (Wildman–Crippen LogP) is 0.473. The van der Waals surface area contributed by atoms with Crippen molar-refractivity contribution in [3.05, 3.63) is 18.1 Å². The topological polar surface area (TPSA) is 75.3 Å². The highest BCUT2D eigenvalue weighted by atomic mass is 16.2. The van der Waals surface area contributed by atoms with Crippen molar-refractivity contribution in [3.63, 3.8) is 0 Å². The third-order valence-electron chi connectivity index (χ3n) is 2.49. The van der Waals surface area contributed by atoms with E-state index < -0.39 is 0 Å². The summed E-state index contributed by atoms with van der Waals surface area (Å²) < 4.78 is 0. The molecule has 1 aromatic rings. The van der Waals surface area contributed by atoms with Gasteiger partial charge in [-0.1, -0.05) is 6.92 Å². The fourth-order valence-electron chi connectivity index (χ4n) is 1.52. The number of nitrogens with two attached hydrogens (primary N) is 1. The van der Waals surface area contributed by atoms with Crippen molar-refractivity contribution in [1.29, 1.82) is 0 Å². The highest BCUT2D eigenvalue weighted by molar-refractivity contribution is 5.92. The molecule has 0 aliphatic rings. The molecular weight excluding hydrogens is 230 g/mol. The Morgan fingerprint density at radius 3 is 2.44 bits per heavy atom. The van der Waals surface area contributed by atoms with Crippen LogP contribution in [0.3, 0.4) is 0 Å². The zero-order chi connectivity index (χ0) is 13.5. The molecule has 0 radical (unpaired) electrons. The Morgan fingerprint density at radius 1 is 1.22 bits per heavy atom. The standard InChI is InChI=1S/C12H21N5O/c1-4-5-17(7-6-16(2)3)12(18)10-8-15-11(13)9-14-10/h8-9H,4-7H2,1-3H3,(H2,13,15). The molecule has 0 aromatic carbocycles. The number of amides is 1. The molecule has 1 rings (SSSR count). The minimum Gasteiger partial charge on any atom is -0.382 e. The largest absolute Gasteiger partial charge is 0.382 e. The summed E-state index contributed by atoms with van der Waals surface area (Å²) in [6.45, 7) is 4.28. The number of nitrogens with zero attached hydrogens (tertiary/aromatic N) is 4. The smallest absolute Gasteiger partial charge is 0.274 e. The zero-order valence-corrected chi connectivity index (χ0v) is 11.3. The van der Waals surface area contributed by atoms with Crippen molar-refractivity contribution in [2.24, 2.45) is 0 Å². The number of carbonyl (C=O) groups excluding carboxylic acids is 1. The van der Waals surface area contributed by atoms with Crippen molar-refractivity contribution in [2.75, 3.05) is 39.5 Å². The van der Waals surface area contributed by atoms with E-state index in [2.05, 4.69) is 9.97 Å². The van der Waals surface area contributed by atoms with E-state index in [-0.39, 0.29) is 5.91 Å². The van der Waals surface area contributed by atoms with E-state index in [4.69, 9.17) is 5.73 Å². The average molecular weight is 251 g/mol. The molecule has 100 valence electrons. The molecule has 0 fully saturated rings. The highest BCUT2D eigenvalue weighted by Gasteiger charge is 2.16. The number of hydrogen-bond acceptors (Lipinski definition) is 5. The maximum absolute atomic E-state index is 12.2. The van der Waals surface area contributed by atoms with E-state index in [1.165, 1.54) is 12.4 Å². The molecule has 2 N–H and O–H groups in total. The predicted molar refractivity (Wildman–Crippen MR) is 71.2 cm³/mol. The summed E-state index contributed by atoms with van der Waals surface area (Å²) in [5.41, 5.74) is 5.80. The molecule has 0 aliphatic heterocycles. The lowest BCUT2D eigenvalue weighted by atomic mass is 10.3. The number of nitrogen functional groups attached to an aromatic ring is 1. The van der Waals surface area contributed by atoms with E-state index >= 15 is 0 Å². The molecule has 0 spiro atoms. The number of anilines is 1. The summed E-state index contributed by atoms with van der Waals surface area (Å²) in [4.78, 5) is 24.0. The van der Waals surface area contributed by atoms with Crippen molar-refractivity contribution < 1.29 is 4.79 Å². The lowest BCUT2D eigenvalue weighted by Gasteiger charge is -2.23. The van der Waals surface area contributed by atoms with Gasteiger partial charge in [-0.3, -0.25) is 4.79 Å². The minimum atomic E-state index is -0.0915. The third kappa shape index (κ3) is 4.29.